The second-order valence-corrected chi connectivity index (χ2v) is 6.89. The lowest BCUT2D eigenvalue weighted by Crippen LogP contribution is -2.23. The smallest absolute Gasteiger partial charge is 0.230 e. The maximum atomic E-state index is 11.4. The number of nitrogens with two attached hydrogens (primary N) is 1. The molecule has 2 N–H and O–H groups in total. The predicted octanol–water partition coefficient (Wildman–Crippen LogP) is 3.55. The first-order valence-corrected chi connectivity index (χ1v) is 8.55. The van der Waals surface area contributed by atoms with Gasteiger partial charge < -0.3 is 5.73 Å². The van der Waals surface area contributed by atoms with Crippen LogP contribution in [0.25, 0.3) is 17.1 Å². The third kappa shape index (κ3) is 3.44. The molecule has 7 heteroatoms. The van der Waals surface area contributed by atoms with Crippen LogP contribution in [-0.2, 0) is 4.79 Å². The Morgan fingerprint density at radius 1 is 1.12 bits per heavy atom. The second-order valence-electron chi connectivity index (χ2n) is 5.15. The number of primary amides is 1. The van der Waals surface area contributed by atoms with Gasteiger partial charge in [0, 0.05) is 16.3 Å². The summed E-state index contributed by atoms with van der Waals surface area (Å²) in [5.41, 5.74) is 7.17. The van der Waals surface area contributed by atoms with Gasteiger partial charge in [-0.05, 0) is 43.3 Å². The van der Waals surface area contributed by atoms with Gasteiger partial charge in [0.1, 0.15) is 0 Å². The molecule has 24 heavy (non-hydrogen) atoms. The number of carbonyl (C=O) groups is 1. The first-order valence-electron chi connectivity index (χ1n) is 7.29. The molecule has 122 valence electrons. The Balaban J connectivity index is 2.11. The van der Waals surface area contributed by atoms with Gasteiger partial charge in [0.15, 0.2) is 11.0 Å². The van der Waals surface area contributed by atoms with Crippen LogP contribution in [0.1, 0.15) is 6.92 Å². The summed E-state index contributed by atoms with van der Waals surface area (Å²) in [6.07, 6.45) is 0. The molecule has 3 rings (SSSR count). The molecule has 1 heterocycles. The molecule has 2 aromatic carbocycles. The average Bonchev–Trinajstić information content (AvgIpc) is 2.99. The zero-order valence-corrected chi connectivity index (χ0v) is 14.5. The van der Waals surface area contributed by atoms with Crippen LogP contribution in [0, 0.1) is 0 Å². The first-order chi connectivity index (χ1) is 11.6. The van der Waals surface area contributed by atoms with Crippen molar-refractivity contribution in [2.75, 3.05) is 0 Å². The minimum atomic E-state index is -0.408. The molecule has 0 radical (unpaired) electrons. The third-order valence-corrected chi connectivity index (χ3v) is 4.75. The summed E-state index contributed by atoms with van der Waals surface area (Å²) >= 11 is 7.25. The molecular formula is C17H15ClN4OS. The van der Waals surface area contributed by atoms with Crippen molar-refractivity contribution in [3.05, 3.63) is 59.6 Å². The van der Waals surface area contributed by atoms with Gasteiger partial charge in [0.2, 0.25) is 5.91 Å². The lowest BCUT2D eigenvalue weighted by molar-refractivity contribution is -0.117. The van der Waals surface area contributed by atoms with Crippen LogP contribution in [0.15, 0.2) is 59.8 Å². The van der Waals surface area contributed by atoms with Crippen molar-refractivity contribution in [3.8, 4) is 17.1 Å². The molecule has 0 bridgehead atoms. The zero-order chi connectivity index (χ0) is 17.1. The number of rotatable bonds is 5. The average molecular weight is 359 g/mol. The van der Waals surface area contributed by atoms with Gasteiger partial charge in [-0.3, -0.25) is 9.36 Å². The highest BCUT2D eigenvalue weighted by Gasteiger charge is 2.20. The van der Waals surface area contributed by atoms with Crippen LogP contribution in [-0.4, -0.2) is 25.9 Å². The highest BCUT2D eigenvalue weighted by Crippen LogP contribution is 2.30. The maximum Gasteiger partial charge on any atom is 0.230 e. The fraction of sp³-hybridized carbons (Fsp3) is 0.118. The standard InChI is InChI=1S/C17H15ClN4OS/c1-11(15(19)23)24-17-21-20-16(12-7-9-13(18)10-8-12)22(17)14-5-3-2-4-6-14/h2-11H,1H3,(H2,19,23)/t11-/m1/s1. The van der Waals surface area contributed by atoms with E-state index in [0.29, 0.717) is 16.0 Å². The van der Waals surface area contributed by atoms with Gasteiger partial charge in [-0.2, -0.15) is 0 Å². The van der Waals surface area contributed by atoms with Crippen molar-refractivity contribution in [1.29, 1.82) is 0 Å². The maximum absolute atomic E-state index is 11.4. The summed E-state index contributed by atoms with van der Waals surface area (Å²) in [7, 11) is 0. The molecule has 0 saturated carbocycles. The Kier molecular flexibility index (Phi) is 4.87. The number of hydrogen-bond donors (Lipinski definition) is 1. The van der Waals surface area contributed by atoms with Crippen LogP contribution >= 0.6 is 23.4 Å². The first kappa shape index (κ1) is 16.5. The van der Waals surface area contributed by atoms with Crippen molar-refractivity contribution >= 4 is 29.3 Å². The fourth-order valence-electron chi connectivity index (χ4n) is 2.16. The molecule has 1 atom stereocenters. The largest absolute Gasteiger partial charge is 0.369 e. The molecule has 0 aliphatic rings. The van der Waals surface area contributed by atoms with Crippen LogP contribution < -0.4 is 5.73 Å². The van der Waals surface area contributed by atoms with E-state index in [-0.39, 0.29) is 0 Å². The second kappa shape index (κ2) is 7.07. The van der Waals surface area contributed by atoms with E-state index in [4.69, 9.17) is 17.3 Å². The number of nitrogens with zero attached hydrogens (tertiary/aromatic N) is 3. The predicted molar refractivity (Wildman–Crippen MR) is 96.3 cm³/mol. The molecular weight excluding hydrogens is 344 g/mol. The van der Waals surface area contributed by atoms with Gasteiger partial charge in [-0.1, -0.05) is 41.6 Å². The lowest BCUT2D eigenvalue weighted by Gasteiger charge is -2.12. The summed E-state index contributed by atoms with van der Waals surface area (Å²) in [6.45, 7) is 1.75. The van der Waals surface area contributed by atoms with E-state index in [2.05, 4.69) is 10.2 Å². The summed E-state index contributed by atoms with van der Waals surface area (Å²) in [6, 6.07) is 17.1. The number of thioether (sulfide) groups is 1. The normalized spacial score (nSPS) is 12.1. The Hall–Kier alpha value is -2.31. The van der Waals surface area contributed by atoms with Crippen molar-refractivity contribution in [2.24, 2.45) is 5.73 Å². The SMILES string of the molecule is C[C@@H](Sc1nnc(-c2ccc(Cl)cc2)n1-c1ccccc1)C(N)=O. The van der Waals surface area contributed by atoms with E-state index in [9.17, 15) is 4.79 Å². The molecule has 1 amide bonds. The van der Waals surface area contributed by atoms with Crippen LogP contribution in [0.4, 0.5) is 0 Å². The van der Waals surface area contributed by atoms with Gasteiger partial charge in [0.05, 0.1) is 5.25 Å². The molecule has 0 saturated heterocycles. The molecule has 0 unspecified atom stereocenters. The molecule has 5 nitrogen and oxygen atoms in total. The van der Waals surface area contributed by atoms with Crippen molar-refractivity contribution < 1.29 is 4.79 Å². The Morgan fingerprint density at radius 2 is 1.79 bits per heavy atom. The van der Waals surface area contributed by atoms with E-state index < -0.39 is 11.2 Å². The van der Waals surface area contributed by atoms with Crippen LogP contribution in [0.3, 0.4) is 0 Å². The van der Waals surface area contributed by atoms with Crippen molar-refractivity contribution in [2.45, 2.75) is 17.3 Å². The number of benzene rings is 2. The minimum absolute atomic E-state index is 0.393. The quantitative estimate of drug-likeness (QED) is 0.708. The van der Waals surface area contributed by atoms with Crippen molar-refractivity contribution in [3.63, 3.8) is 0 Å². The van der Waals surface area contributed by atoms with E-state index in [1.807, 2.05) is 47.0 Å². The van der Waals surface area contributed by atoms with E-state index in [0.717, 1.165) is 11.3 Å². The number of halogens is 1. The summed E-state index contributed by atoms with van der Waals surface area (Å²) in [5, 5.41) is 9.41. The fourth-order valence-corrected chi connectivity index (χ4v) is 3.10. The highest BCUT2D eigenvalue weighted by atomic mass is 35.5. The molecule has 0 aliphatic heterocycles. The van der Waals surface area contributed by atoms with Crippen molar-refractivity contribution in [1.82, 2.24) is 14.8 Å². The number of para-hydroxylation sites is 1. The molecule has 1 aromatic heterocycles. The minimum Gasteiger partial charge on any atom is -0.369 e. The Morgan fingerprint density at radius 3 is 2.42 bits per heavy atom. The van der Waals surface area contributed by atoms with Gasteiger partial charge in [-0.25, -0.2) is 0 Å². The van der Waals surface area contributed by atoms with Gasteiger partial charge >= 0.3 is 0 Å². The molecule has 0 fully saturated rings. The monoisotopic (exact) mass is 358 g/mol. The Bertz CT molecular complexity index is 849. The van der Waals surface area contributed by atoms with E-state index in [1.165, 1.54) is 11.8 Å². The number of aromatic nitrogens is 3. The van der Waals surface area contributed by atoms with E-state index in [1.54, 1.807) is 19.1 Å². The molecule has 0 spiro atoms. The highest BCUT2D eigenvalue weighted by molar-refractivity contribution is 8.00. The molecule has 3 aromatic rings. The van der Waals surface area contributed by atoms with E-state index >= 15 is 0 Å². The van der Waals surface area contributed by atoms with Gasteiger partial charge in [-0.15, -0.1) is 10.2 Å². The number of hydrogen-bond acceptors (Lipinski definition) is 4. The topological polar surface area (TPSA) is 73.8 Å². The number of carbonyl (C=O) groups excluding carboxylic acids is 1. The number of amides is 1. The van der Waals surface area contributed by atoms with Crippen LogP contribution in [0.2, 0.25) is 5.02 Å². The zero-order valence-electron chi connectivity index (χ0n) is 12.9. The Labute approximate surface area is 148 Å². The summed E-state index contributed by atoms with van der Waals surface area (Å²) in [5.74, 6) is 0.285. The van der Waals surface area contributed by atoms with Crippen LogP contribution in [0.5, 0.6) is 0 Å². The lowest BCUT2D eigenvalue weighted by atomic mass is 10.2. The summed E-state index contributed by atoms with van der Waals surface area (Å²) < 4.78 is 1.91. The molecule has 0 aliphatic carbocycles. The van der Waals surface area contributed by atoms with Gasteiger partial charge in [0.25, 0.3) is 0 Å². The third-order valence-electron chi connectivity index (χ3n) is 3.43. The summed E-state index contributed by atoms with van der Waals surface area (Å²) in [4.78, 5) is 11.4.